The van der Waals surface area contributed by atoms with Crippen LogP contribution in [-0.4, -0.2) is 37.7 Å². The van der Waals surface area contributed by atoms with Crippen LogP contribution in [0, 0.1) is 0 Å². The fourth-order valence-electron chi connectivity index (χ4n) is 2.01. The number of halogens is 1. The summed E-state index contributed by atoms with van der Waals surface area (Å²) < 4.78 is 6.99. The second-order valence-electron chi connectivity index (χ2n) is 4.81. The Morgan fingerprint density at radius 3 is 2.60 bits per heavy atom. The highest BCUT2D eigenvalue weighted by molar-refractivity contribution is 9.10. The molecule has 0 radical (unpaired) electrons. The molecule has 1 N–H and O–H groups in total. The van der Waals surface area contributed by atoms with Crippen molar-refractivity contribution >= 4 is 15.9 Å². The summed E-state index contributed by atoms with van der Waals surface area (Å²) in [6.07, 6.45) is 1.15. The maximum absolute atomic E-state index is 5.85. The predicted octanol–water partition coefficient (Wildman–Crippen LogP) is 3.67. The Hall–Kier alpha value is -0.580. The number of likely N-dealkylation sites (N-methyl/N-ethyl adjacent to an activating group) is 1. The van der Waals surface area contributed by atoms with Crippen LogP contribution in [0.25, 0.3) is 0 Å². The monoisotopic (exact) mass is 342 g/mol. The van der Waals surface area contributed by atoms with Gasteiger partial charge < -0.3 is 15.0 Å². The molecule has 0 bridgehead atoms. The van der Waals surface area contributed by atoms with Crippen molar-refractivity contribution in [2.75, 3.05) is 32.8 Å². The molecule has 3 nitrogen and oxygen atoms in total. The molecule has 0 saturated carbocycles. The Morgan fingerprint density at radius 2 is 1.95 bits per heavy atom. The molecule has 4 heteroatoms. The number of ether oxygens (including phenoxy) is 1. The molecule has 1 aromatic carbocycles. The molecule has 1 aromatic rings. The molecule has 0 fully saturated rings. The van der Waals surface area contributed by atoms with E-state index >= 15 is 0 Å². The Bertz CT molecular complexity index is 381. The average Bonchev–Trinajstić information content (AvgIpc) is 2.47. The van der Waals surface area contributed by atoms with Gasteiger partial charge in [-0.1, -0.05) is 36.7 Å². The zero-order chi connectivity index (χ0) is 14.8. The Kier molecular flexibility index (Phi) is 8.90. The number of rotatable bonds is 10. The van der Waals surface area contributed by atoms with Crippen molar-refractivity contribution in [3.05, 3.63) is 28.2 Å². The Morgan fingerprint density at radius 1 is 1.20 bits per heavy atom. The lowest BCUT2D eigenvalue weighted by Gasteiger charge is -2.18. The Labute approximate surface area is 131 Å². The first kappa shape index (κ1) is 17.5. The van der Waals surface area contributed by atoms with Crippen LogP contribution < -0.4 is 10.1 Å². The van der Waals surface area contributed by atoms with Gasteiger partial charge in [0, 0.05) is 17.6 Å². The molecule has 1 rings (SSSR count). The molecular formula is C16H27BrN2O. The van der Waals surface area contributed by atoms with Crippen LogP contribution in [0.2, 0.25) is 0 Å². The Balaban J connectivity index is 2.47. The number of benzene rings is 1. The standard InChI is InChI=1S/C16H27BrN2O/c1-4-9-18-13-14-12-15(7-8-16(14)17)20-11-10-19(5-2)6-3/h7-8,12,18H,4-6,9-11,13H2,1-3H3. The first-order chi connectivity index (χ1) is 9.71. The summed E-state index contributed by atoms with van der Waals surface area (Å²) in [6.45, 7) is 12.3. The molecular weight excluding hydrogens is 316 g/mol. The van der Waals surface area contributed by atoms with Gasteiger partial charge in [0.15, 0.2) is 0 Å². The van der Waals surface area contributed by atoms with Gasteiger partial charge in [0.25, 0.3) is 0 Å². The summed E-state index contributed by atoms with van der Waals surface area (Å²) in [6, 6.07) is 6.21. The molecule has 114 valence electrons. The first-order valence-corrected chi connectivity index (χ1v) is 8.34. The minimum atomic E-state index is 0.741. The molecule has 20 heavy (non-hydrogen) atoms. The molecule has 0 spiro atoms. The molecule has 0 saturated heterocycles. The van der Waals surface area contributed by atoms with Crippen LogP contribution >= 0.6 is 15.9 Å². The van der Waals surface area contributed by atoms with E-state index in [0.717, 1.165) is 56.0 Å². The van der Waals surface area contributed by atoms with Crippen LogP contribution in [0.3, 0.4) is 0 Å². The van der Waals surface area contributed by atoms with E-state index in [-0.39, 0.29) is 0 Å². The first-order valence-electron chi connectivity index (χ1n) is 7.55. The average molecular weight is 343 g/mol. The summed E-state index contributed by atoms with van der Waals surface area (Å²) >= 11 is 3.59. The third kappa shape index (κ3) is 6.25. The molecule has 0 unspecified atom stereocenters. The lowest BCUT2D eigenvalue weighted by molar-refractivity contribution is 0.222. The number of hydrogen-bond donors (Lipinski definition) is 1. The third-order valence-corrected chi connectivity index (χ3v) is 4.10. The van der Waals surface area contributed by atoms with Gasteiger partial charge in [0.05, 0.1) is 0 Å². The summed E-state index contributed by atoms with van der Waals surface area (Å²) in [5.74, 6) is 0.952. The van der Waals surface area contributed by atoms with Gasteiger partial charge in [0.2, 0.25) is 0 Å². The normalized spacial score (nSPS) is 11.1. The van der Waals surface area contributed by atoms with Gasteiger partial charge >= 0.3 is 0 Å². The van der Waals surface area contributed by atoms with E-state index in [2.05, 4.69) is 59.1 Å². The highest BCUT2D eigenvalue weighted by Gasteiger charge is 2.04. The minimum Gasteiger partial charge on any atom is -0.492 e. The zero-order valence-corrected chi connectivity index (χ0v) is 14.5. The second-order valence-corrected chi connectivity index (χ2v) is 5.66. The van der Waals surface area contributed by atoms with Crippen molar-refractivity contribution in [3.63, 3.8) is 0 Å². The highest BCUT2D eigenvalue weighted by atomic mass is 79.9. The van der Waals surface area contributed by atoms with E-state index in [9.17, 15) is 0 Å². The quantitative estimate of drug-likeness (QED) is 0.656. The molecule has 0 aliphatic heterocycles. The SMILES string of the molecule is CCCNCc1cc(OCCN(CC)CC)ccc1Br. The zero-order valence-electron chi connectivity index (χ0n) is 12.9. The fourth-order valence-corrected chi connectivity index (χ4v) is 2.40. The fraction of sp³-hybridized carbons (Fsp3) is 0.625. The summed E-state index contributed by atoms with van der Waals surface area (Å²) in [4.78, 5) is 2.36. The summed E-state index contributed by atoms with van der Waals surface area (Å²) in [5.41, 5.74) is 1.25. The van der Waals surface area contributed by atoms with Gasteiger partial charge in [-0.25, -0.2) is 0 Å². The summed E-state index contributed by atoms with van der Waals surface area (Å²) in [7, 11) is 0. The van der Waals surface area contributed by atoms with Crippen LogP contribution in [0.5, 0.6) is 5.75 Å². The van der Waals surface area contributed by atoms with Crippen LogP contribution in [0.4, 0.5) is 0 Å². The molecule has 0 aliphatic rings. The highest BCUT2D eigenvalue weighted by Crippen LogP contribution is 2.22. The van der Waals surface area contributed by atoms with Crippen LogP contribution in [-0.2, 0) is 6.54 Å². The van der Waals surface area contributed by atoms with E-state index in [1.165, 1.54) is 5.56 Å². The molecule has 0 atom stereocenters. The van der Waals surface area contributed by atoms with E-state index in [1.54, 1.807) is 0 Å². The van der Waals surface area contributed by atoms with Crippen LogP contribution in [0.15, 0.2) is 22.7 Å². The van der Waals surface area contributed by atoms with E-state index in [0.29, 0.717) is 0 Å². The number of nitrogens with one attached hydrogen (secondary N) is 1. The van der Waals surface area contributed by atoms with Crippen molar-refractivity contribution in [2.45, 2.75) is 33.7 Å². The smallest absolute Gasteiger partial charge is 0.119 e. The molecule has 0 aliphatic carbocycles. The maximum atomic E-state index is 5.85. The number of nitrogens with zero attached hydrogens (tertiary/aromatic N) is 1. The topological polar surface area (TPSA) is 24.5 Å². The van der Waals surface area contributed by atoms with E-state index in [1.807, 2.05) is 6.07 Å². The molecule has 0 heterocycles. The largest absolute Gasteiger partial charge is 0.492 e. The number of hydrogen-bond acceptors (Lipinski definition) is 3. The van der Waals surface area contributed by atoms with Gasteiger partial charge in [-0.15, -0.1) is 0 Å². The van der Waals surface area contributed by atoms with Crippen LogP contribution in [0.1, 0.15) is 32.8 Å². The lowest BCUT2D eigenvalue weighted by atomic mass is 10.2. The van der Waals surface area contributed by atoms with Crippen molar-refractivity contribution in [1.29, 1.82) is 0 Å². The maximum Gasteiger partial charge on any atom is 0.119 e. The van der Waals surface area contributed by atoms with Gasteiger partial charge in [-0.05, 0) is 49.8 Å². The molecule has 0 aromatic heterocycles. The lowest BCUT2D eigenvalue weighted by Crippen LogP contribution is -2.27. The van der Waals surface area contributed by atoms with Gasteiger partial charge in [-0.3, -0.25) is 0 Å². The second kappa shape index (κ2) is 10.2. The van der Waals surface area contributed by atoms with Crippen molar-refractivity contribution in [2.24, 2.45) is 0 Å². The van der Waals surface area contributed by atoms with Gasteiger partial charge in [-0.2, -0.15) is 0 Å². The van der Waals surface area contributed by atoms with Crippen molar-refractivity contribution < 1.29 is 4.74 Å². The van der Waals surface area contributed by atoms with Gasteiger partial charge in [0.1, 0.15) is 12.4 Å². The third-order valence-electron chi connectivity index (χ3n) is 3.33. The molecule has 0 amide bonds. The minimum absolute atomic E-state index is 0.741. The van der Waals surface area contributed by atoms with Crippen molar-refractivity contribution in [3.8, 4) is 5.75 Å². The summed E-state index contributed by atoms with van der Waals surface area (Å²) in [5, 5.41) is 3.42. The predicted molar refractivity (Wildman–Crippen MR) is 89.4 cm³/mol. The van der Waals surface area contributed by atoms with Crippen molar-refractivity contribution in [1.82, 2.24) is 10.2 Å². The van der Waals surface area contributed by atoms with E-state index < -0.39 is 0 Å². The van der Waals surface area contributed by atoms with E-state index in [4.69, 9.17) is 4.74 Å².